The molecule has 0 aromatic heterocycles. The molecule has 6 nitrogen and oxygen atoms in total. The summed E-state index contributed by atoms with van der Waals surface area (Å²) in [4.78, 5) is 8.99. The first kappa shape index (κ1) is 17.6. The number of ether oxygens (including phenoxy) is 3. The van der Waals surface area contributed by atoms with Crippen molar-refractivity contribution >= 4 is 28.9 Å². The van der Waals surface area contributed by atoms with E-state index in [2.05, 4.69) is 15.3 Å². The highest BCUT2D eigenvalue weighted by Gasteiger charge is 2.30. The molecule has 1 unspecified atom stereocenters. The lowest BCUT2D eigenvalue weighted by Crippen LogP contribution is -2.43. The standard InChI is InChI=1S/C16H23N3O3S/c1-10(2)22-7-5-6-17-15-11-8-13(20-3)14(21-4)9-12(11)18-16(23)19-15/h8-11H,5-7H2,1-4H3,(H,17,19,23). The number of aliphatic imine (C=N–C) groups is 2. The Morgan fingerprint density at radius 3 is 2.70 bits per heavy atom. The molecule has 0 aromatic rings. The molecule has 0 saturated heterocycles. The molecule has 1 aliphatic carbocycles. The predicted molar refractivity (Wildman–Crippen MR) is 94.8 cm³/mol. The largest absolute Gasteiger partial charge is 0.493 e. The molecule has 2 aliphatic rings. The Kier molecular flexibility index (Phi) is 6.29. The van der Waals surface area contributed by atoms with Crippen molar-refractivity contribution in [3.05, 3.63) is 23.7 Å². The van der Waals surface area contributed by atoms with Gasteiger partial charge in [-0.25, -0.2) is 4.99 Å². The van der Waals surface area contributed by atoms with Gasteiger partial charge in [0, 0.05) is 19.2 Å². The van der Waals surface area contributed by atoms with Crippen LogP contribution in [0.25, 0.3) is 0 Å². The number of hydrogen-bond acceptors (Lipinski definition) is 5. The van der Waals surface area contributed by atoms with E-state index in [9.17, 15) is 0 Å². The summed E-state index contributed by atoms with van der Waals surface area (Å²) in [5.41, 5.74) is 0.809. The fourth-order valence-electron chi connectivity index (χ4n) is 2.32. The summed E-state index contributed by atoms with van der Waals surface area (Å²) in [6, 6.07) is 0. The van der Waals surface area contributed by atoms with Crippen LogP contribution >= 0.6 is 12.2 Å². The van der Waals surface area contributed by atoms with Crippen LogP contribution in [-0.2, 0) is 14.2 Å². The highest BCUT2D eigenvalue weighted by molar-refractivity contribution is 7.80. The summed E-state index contributed by atoms with van der Waals surface area (Å²) < 4.78 is 16.2. The highest BCUT2D eigenvalue weighted by atomic mass is 32.1. The van der Waals surface area contributed by atoms with E-state index in [0.717, 1.165) is 18.0 Å². The molecule has 1 atom stereocenters. The number of allylic oxidation sites excluding steroid dienone is 1. The topological polar surface area (TPSA) is 64.4 Å². The van der Waals surface area contributed by atoms with Gasteiger partial charge in [-0.2, -0.15) is 0 Å². The van der Waals surface area contributed by atoms with E-state index in [1.54, 1.807) is 14.2 Å². The van der Waals surface area contributed by atoms with Crippen LogP contribution in [0.5, 0.6) is 0 Å². The third kappa shape index (κ3) is 4.62. The SMILES string of the molecule is COC1=CC2=NC(=S)NC(=NCCCOC(C)C)C2C=C1OC. The third-order valence-corrected chi connectivity index (χ3v) is 3.59. The number of nitrogens with zero attached hydrogens (tertiary/aromatic N) is 2. The zero-order valence-electron chi connectivity index (χ0n) is 14.0. The van der Waals surface area contributed by atoms with Crippen molar-refractivity contribution in [1.82, 2.24) is 5.32 Å². The van der Waals surface area contributed by atoms with Crippen LogP contribution in [-0.4, -0.2) is 50.1 Å². The Bertz CT molecular complexity index is 579. The lowest BCUT2D eigenvalue weighted by molar-refractivity contribution is 0.0783. The third-order valence-electron chi connectivity index (χ3n) is 3.39. The van der Waals surface area contributed by atoms with Gasteiger partial charge in [-0.3, -0.25) is 4.99 Å². The van der Waals surface area contributed by atoms with Gasteiger partial charge in [-0.15, -0.1) is 0 Å². The molecule has 1 heterocycles. The van der Waals surface area contributed by atoms with Crippen molar-refractivity contribution in [3.63, 3.8) is 0 Å². The molecule has 126 valence electrons. The minimum atomic E-state index is -0.0958. The molecule has 0 amide bonds. The second kappa shape index (κ2) is 8.21. The molecular weight excluding hydrogens is 314 g/mol. The molecule has 0 aromatic carbocycles. The summed E-state index contributed by atoms with van der Waals surface area (Å²) in [5, 5.41) is 3.49. The Morgan fingerprint density at radius 1 is 1.30 bits per heavy atom. The van der Waals surface area contributed by atoms with Gasteiger partial charge in [-0.1, -0.05) is 0 Å². The maximum atomic E-state index is 5.52. The molecule has 0 saturated carbocycles. The second-order valence-corrected chi connectivity index (χ2v) is 5.82. The van der Waals surface area contributed by atoms with E-state index in [-0.39, 0.29) is 12.0 Å². The quantitative estimate of drug-likeness (QED) is 0.570. The van der Waals surface area contributed by atoms with Gasteiger partial charge < -0.3 is 19.5 Å². The monoisotopic (exact) mass is 337 g/mol. The van der Waals surface area contributed by atoms with E-state index in [4.69, 9.17) is 26.4 Å². The fraction of sp³-hybridized carbons (Fsp3) is 0.562. The van der Waals surface area contributed by atoms with E-state index in [1.807, 2.05) is 26.0 Å². The van der Waals surface area contributed by atoms with Crippen LogP contribution in [0.4, 0.5) is 0 Å². The van der Waals surface area contributed by atoms with Crippen LogP contribution in [0.2, 0.25) is 0 Å². The van der Waals surface area contributed by atoms with Gasteiger partial charge in [0.15, 0.2) is 16.6 Å². The summed E-state index contributed by atoms with van der Waals surface area (Å²) in [6.45, 7) is 5.40. The van der Waals surface area contributed by atoms with Crippen LogP contribution in [0.3, 0.4) is 0 Å². The normalized spacial score (nSPS) is 22.1. The molecular formula is C16H23N3O3S. The van der Waals surface area contributed by atoms with E-state index in [1.165, 1.54) is 0 Å². The summed E-state index contributed by atoms with van der Waals surface area (Å²) >= 11 is 5.19. The number of methoxy groups -OCH3 is 2. The van der Waals surface area contributed by atoms with Crippen molar-refractivity contribution in [3.8, 4) is 0 Å². The average molecular weight is 337 g/mol. The second-order valence-electron chi connectivity index (χ2n) is 5.43. The van der Waals surface area contributed by atoms with Crippen molar-refractivity contribution in [1.29, 1.82) is 0 Å². The molecule has 0 spiro atoms. The molecule has 1 aliphatic heterocycles. The van der Waals surface area contributed by atoms with Crippen LogP contribution in [0.15, 0.2) is 33.7 Å². The average Bonchev–Trinajstić information content (AvgIpc) is 2.52. The van der Waals surface area contributed by atoms with E-state index < -0.39 is 0 Å². The Morgan fingerprint density at radius 2 is 2.04 bits per heavy atom. The molecule has 1 N–H and O–H groups in total. The van der Waals surface area contributed by atoms with Crippen molar-refractivity contribution < 1.29 is 14.2 Å². The summed E-state index contributed by atoms with van der Waals surface area (Å²) in [5.74, 6) is 1.99. The molecule has 0 radical (unpaired) electrons. The smallest absolute Gasteiger partial charge is 0.198 e. The van der Waals surface area contributed by atoms with Gasteiger partial charge in [-0.05, 0) is 38.6 Å². The Hall–Kier alpha value is -1.73. The number of amidine groups is 1. The number of hydrogen-bond donors (Lipinski definition) is 1. The van der Waals surface area contributed by atoms with Gasteiger partial charge in [0.25, 0.3) is 0 Å². The summed E-state index contributed by atoms with van der Waals surface area (Å²) in [6.07, 6.45) is 4.88. The fourth-order valence-corrected chi connectivity index (χ4v) is 2.53. The van der Waals surface area contributed by atoms with Crippen molar-refractivity contribution in [2.75, 3.05) is 27.4 Å². The minimum absolute atomic E-state index is 0.0958. The lowest BCUT2D eigenvalue weighted by atomic mass is 9.94. The molecule has 2 rings (SSSR count). The Balaban J connectivity index is 2.10. The van der Waals surface area contributed by atoms with Crippen molar-refractivity contribution in [2.45, 2.75) is 26.4 Å². The lowest BCUT2D eigenvalue weighted by Gasteiger charge is -2.27. The molecule has 7 heteroatoms. The van der Waals surface area contributed by atoms with Crippen LogP contribution in [0.1, 0.15) is 20.3 Å². The van der Waals surface area contributed by atoms with Gasteiger partial charge in [0.2, 0.25) is 0 Å². The number of thiocarbonyl (C=S) groups is 1. The highest BCUT2D eigenvalue weighted by Crippen LogP contribution is 2.25. The first-order valence-electron chi connectivity index (χ1n) is 7.62. The zero-order valence-corrected chi connectivity index (χ0v) is 14.8. The Labute approximate surface area is 142 Å². The van der Waals surface area contributed by atoms with Gasteiger partial charge >= 0.3 is 0 Å². The zero-order chi connectivity index (χ0) is 16.8. The van der Waals surface area contributed by atoms with Crippen LogP contribution in [0, 0.1) is 5.92 Å². The summed E-state index contributed by atoms with van der Waals surface area (Å²) in [7, 11) is 3.21. The van der Waals surface area contributed by atoms with Gasteiger partial charge in [0.05, 0.1) is 32.0 Å². The predicted octanol–water partition coefficient (Wildman–Crippen LogP) is 2.22. The van der Waals surface area contributed by atoms with E-state index in [0.29, 0.717) is 29.8 Å². The maximum absolute atomic E-state index is 5.52. The molecule has 0 bridgehead atoms. The number of fused-ring (bicyclic) bond motifs is 1. The van der Waals surface area contributed by atoms with Gasteiger partial charge in [0.1, 0.15) is 5.84 Å². The number of nitrogens with one attached hydrogen (secondary N) is 1. The number of rotatable bonds is 7. The molecule has 23 heavy (non-hydrogen) atoms. The van der Waals surface area contributed by atoms with Crippen LogP contribution < -0.4 is 5.32 Å². The maximum Gasteiger partial charge on any atom is 0.198 e. The molecule has 0 fully saturated rings. The van der Waals surface area contributed by atoms with E-state index >= 15 is 0 Å². The van der Waals surface area contributed by atoms with Crippen molar-refractivity contribution in [2.24, 2.45) is 15.9 Å². The first-order chi connectivity index (χ1) is 11.0. The minimum Gasteiger partial charge on any atom is -0.493 e. The first-order valence-corrected chi connectivity index (χ1v) is 8.03.